The number of amides is 3. The molecule has 0 aliphatic heterocycles. The lowest BCUT2D eigenvalue weighted by molar-refractivity contribution is -0.136. The van der Waals surface area contributed by atoms with E-state index >= 15 is 0 Å². The highest BCUT2D eigenvalue weighted by atomic mass is 16.2. The van der Waals surface area contributed by atoms with E-state index in [0.29, 0.717) is 16.8 Å². The average Bonchev–Trinajstić information content (AvgIpc) is 2.80. The first-order valence-corrected chi connectivity index (χ1v) is 9.82. The molecule has 7 heteroatoms. The van der Waals surface area contributed by atoms with Crippen LogP contribution in [0.1, 0.15) is 27.5 Å². The molecule has 0 bridgehead atoms. The zero-order chi connectivity index (χ0) is 22.2. The lowest BCUT2D eigenvalue weighted by atomic mass is 10.1. The molecule has 7 nitrogen and oxygen atoms in total. The Labute approximate surface area is 181 Å². The highest BCUT2D eigenvalue weighted by Gasteiger charge is 2.29. The maximum absolute atomic E-state index is 13.1. The molecule has 2 aromatic carbocycles. The van der Waals surface area contributed by atoms with E-state index in [-0.39, 0.29) is 18.4 Å². The molecule has 0 radical (unpaired) electrons. The Morgan fingerprint density at radius 2 is 1.58 bits per heavy atom. The maximum atomic E-state index is 13.1. The van der Waals surface area contributed by atoms with Crippen LogP contribution in [0.5, 0.6) is 0 Å². The molecule has 0 aliphatic carbocycles. The Balaban J connectivity index is 1.73. The van der Waals surface area contributed by atoms with E-state index in [1.165, 1.54) is 11.9 Å². The number of aromatic nitrogens is 1. The summed E-state index contributed by atoms with van der Waals surface area (Å²) in [5, 5.41) is 5.46. The van der Waals surface area contributed by atoms with Gasteiger partial charge in [0.1, 0.15) is 6.04 Å². The van der Waals surface area contributed by atoms with Gasteiger partial charge in [0.15, 0.2) is 0 Å². The fraction of sp³-hybridized carbons (Fsp3) is 0.167. The first-order chi connectivity index (χ1) is 15.0. The number of carbonyl (C=O) groups is 3. The number of rotatable bonds is 7. The molecule has 1 aromatic heterocycles. The van der Waals surface area contributed by atoms with Crippen molar-refractivity contribution in [3.05, 3.63) is 95.8 Å². The van der Waals surface area contributed by atoms with Gasteiger partial charge in [-0.25, -0.2) is 0 Å². The molecular formula is C24H24N4O3. The quantitative estimate of drug-likeness (QED) is 0.620. The number of hydrogen-bond donors (Lipinski definition) is 2. The molecule has 3 amide bonds. The van der Waals surface area contributed by atoms with Crippen LogP contribution >= 0.6 is 0 Å². The molecule has 0 spiro atoms. The molecule has 0 saturated heterocycles. The van der Waals surface area contributed by atoms with E-state index in [1.54, 1.807) is 60.9 Å². The maximum Gasteiger partial charge on any atom is 0.251 e. The minimum atomic E-state index is -0.884. The van der Waals surface area contributed by atoms with E-state index < -0.39 is 11.9 Å². The lowest BCUT2D eigenvalue weighted by Gasteiger charge is -2.28. The van der Waals surface area contributed by atoms with E-state index in [9.17, 15) is 14.4 Å². The third-order valence-electron chi connectivity index (χ3n) is 4.81. The summed E-state index contributed by atoms with van der Waals surface area (Å²) in [7, 11) is 1.54. The van der Waals surface area contributed by atoms with Crippen LogP contribution in [0.25, 0.3) is 0 Å². The van der Waals surface area contributed by atoms with Gasteiger partial charge in [-0.2, -0.15) is 0 Å². The first kappa shape index (κ1) is 21.7. The van der Waals surface area contributed by atoms with Gasteiger partial charge in [0.05, 0.1) is 6.54 Å². The van der Waals surface area contributed by atoms with Gasteiger partial charge in [-0.1, -0.05) is 35.9 Å². The van der Waals surface area contributed by atoms with Crippen LogP contribution in [0.2, 0.25) is 0 Å². The van der Waals surface area contributed by atoms with Crippen molar-refractivity contribution in [2.24, 2.45) is 0 Å². The molecule has 3 aromatic rings. The smallest absolute Gasteiger partial charge is 0.251 e. The van der Waals surface area contributed by atoms with Crippen molar-refractivity contribution >= 4 is 23.4 Å². The van der Waals surface area contributed by atoms with Crippen LogP contribution in [0.3, 0.4) is 0 Å². The Morgan fingerprint density at radius 1 is 0.935 bits per heavy atom. The molecule has 1 atom stereocenters. The summed E-state index contributed by atoms with van der Waals surface area (Å²) < 4.78 is 0. The first-order valence-electron chi connectivity index (χ1n) is 9.82. The lowest BCUT2D eigenvalue weighted by Crippen LogP contribution is -2.43. The Morgan fingerprint density at radius 3 is 2.23 bits per heavy atom. The number of aryl methyl sites for hydroxylation is 1. The number of nitrogens with zero attached hydrogens (tertiary/aromatic N) is 2. The summed E-state index contributed by atoms with van der Waals surface area (Å²) in [4.78, 5) is 43.5. The van der Waals surface area contributed by atoms with Crippen molar-refractivity contribution in [3.8, 4) is 0 Å². The minimum absolute atomic E-state index is 0.233. The topological polar surface area (TPSA) is 91.4 Å². The molecule has 1 unspecified atom stereocenters. The second-order valence-corrected chi connectivity index (χ2v) is 7.09. The number of benzene rings is 2. The minimum Gasteiger partial charge on any atom is -0.343 e. The van der Waals surface area contributed by atoms with Gasteiger partial charge in [0.25, 0.3) is 11.8 Å². The summed E-state index contributed by atoms with van der Waals surface area (Å²) in [5.74, 6) is -1.11. The van der Waals surface area contributed by atoms with Gasteiger partial charge in [-0.05, 0) is 48.9 Å². The van der Waals surface area contributed by atoms with Crippen LogP contribution in [-0.2, 0) is 9.59 Å². The largest absolute Gasteiger partial charge is 0.343 e. The van der Waals surface area contributed by atoms with E-state index in [2.05, 4.69) is 15.6 Å². The van der Waals surface area contributed by atoms with Gasteiger partial charge >= 0.3 is 0 Å². The SMILES string of the molecule is Cc1ccc(NC(=O)C(c2ccncc2)N(C)C(=O)CNC(=O)c2ccccc2)cc1. The van der Waals surface area contributed by atoms with Crippen LogP contribution in [-0.4, -0.2) is 41.2 Å². The Hall–Kier alpha value is -4.00. The molecule has 0 fully saturated rings. The highest BCUT2D eigenvalue weighted by Crippen LogP contribution is 2.21. The van der Waals surface area contributed by atoms with E-state index in [4.69, 9.17) is 0 Å². The number of nitrogens with one attached hydrogen (secondary N) is 2. The summed E-state index contributed by atoms with van der Waals surface area (Å²) in [6.45, 7) is 1.73. The summed E-state index contributed by atoms with van der Waals surface area (Å²) in [6, 6.07) is 18.5. The van der Waals surface area contributed by atoms with Crippen LogP contribution in [0.4, 0.5) is 5.69 Å². The number of hydrogen-bond acceptors (Lipinski definition) is 4. The van der Waals surface area contributed by atoms with Crippen molar-refractivity contribution in [2.45, 2.75) is 13.0 Å². The summed E-state index contributed by atoms with van der Waals surface area (Å²) >= 11 is 0. The molecule has 31 heavy (non-hydrogen) atoms. The Kier molecular flexibility index (Phi) is 7.11. The zero-order valence-corrected chi connectivity index (χ0v) is 17.4. The fourth-order valence-corrected chi connectivity index (χ4v) is 3.06. The number of pyridine rings is 1. The normalized spacial score (nSPS) is 11.3. The summed E-state index contributed by atoms with van der Waals surface area (Å²) in [6.07, 6.45) is 3.13. The van der Waals surface area contributed by atoms with Crippen LogP contribution in [0, 0.1) is 6.92 Å². The summed E-state index contributed by atoms with van der Waals surface area (Å²) in [5.41, 5.74) is 2.78. The van der Waals surface area contributed by atoms with E-state index in [1.807, 2.05) is 25.1 Å². The third-order valence-corrected chi connectivity index (χ3v) is 4.81. The van der Waals surface area contributed by atoms with E-state index in [0.717, 1.165) is 5.56 Å². The standard InChI is InChI=1S/C24H24N4O3/c1-17-8-10-20(11-9-17)27-24(31)22(18-12-14-25-15-13-18)28(2)21(29)16-26-23(30)19-6-4-3-5-7-19/h3-15,22H,16H2,1-2H3,(H,26,30)(H,27,31). The molecule has 2 N–H and O–H groups in total. The average molecular weight is 416 g/mol. The number of carbonyl (C=O) groups excluding carboxylic acids is 3. The van der Waals surface area contributed by atoms with Crippen molar-refractivity contribution in [3.63, 3.8) is 0 Å². The zero-order valence-electron chi connectivity index (χ0n) is 17.4. The van der Waals surface area contributed by atoms with Gasteiger partial charge in [0, 0.05) is 30.7 Å². The monoisotopic (exact) mass is 416 g/mol. The second-order valence-electron chi connectivity index (χ2n) is 7.09. The fourth-order valence-electron chi connectivity index (χ4n) is 3.06. The highest BCUT2D eigenvalue weighted by molar-refractivity contribution is 5.99. The van der Waals surface area contributed by atoms with Crippen molar-refractivity contribution in [2.75, 3.05) is 18.9 Å². The molecule has 158 valence electrons. The van der Waals surface area contributed by atoms with Crippen molar-refractivity contribution in [1.82, 2.24) is 15.2 Å². The number of likely N-dealkylation sites (N-methyl/N-ethyl adjacent to an activating group) is 1. The second kappa shape index (κ2) is 10.2. The van der Waals surface area contributed by atoms with Crippen molar-refractivity contribution < 1.29 is 14.4 Å². The Bertz CT molecular complexity index is 1040. The predicted octanol–water partition coefficient (Wildman–Crippen LogP) is 2.96. The van der Waals surface area contributed by atoms with Gasteiger partial charge in [-0.3, -0.25) is 19.4 Å². The number of anilines is 1. The third kappa shape index (κ3) is 5.76. The predicted molar refractivity (Wildman–Crippen MR) is 118 cm³/mol. The van der Waals surface area contributed by atoms with Gasteiger partial charge in [0.2, 0.25) is 5.91 Å². The molecule has 0 aliphatic rings. The van der Waals surface area contributed by atoms with Crippen molar-refractivity contribution in [1.29, 1.82) is 0 Å². The molecule has 0 saturated carbocycles. The van der Waals surface area contributed by atoms with Gasteiger partial charge in [-0.15, -0.1) is 0 Å². The molecule has 1 heterocycles. The molecule has 3 rings (SSSR count). The molecular weight excluding hydrogens is 392 g/mol. The van der Waals surface area contributed by atoms with Crippen LogP contribution < -0.4 is 10.6 Å². The van der Waals surface area contributed by atoms with Gasteiger partial charge < -0.3 is 15.5 Å². The van der Waals surface area contributed by atoms with Crippen LogP contribution in [0.15, 0.2) is 79.1 Å².